The molecular weight excluding hydrogens is 136 g/mol. The fourth-order valence-corrected chi connectivity index (χ4v) is 0.836. The van der Waals surface area contributed by atoms with E-state index in [2.05, 4.69) is 26.5 Å². The zero-order valence-electron chi connectivity index (χ0n) is 7.51. The van der Waals surface area contributed by atoms with Gasteiger partial charge in [-0.1, -0.05) is 17.7 Å². The lowest BCUT2D eigenvalue weighted by Crippen LogP contribution is -1.99. The van der Waals surface area contributed by atoms with E-state index in [0.29, 0.717) is 0 Å². The Morgan fingerprint density at radius 1 is 1.55 bits per heavy atom. The average Bonchev–Trinajstić information content (AvgIpc) is 1.97. The van der Waals surface area contributed by atoms with Gasteiger partial charge in [0.2, 0.25) is 0 Å². The van der Waals surface area contributed by atoms with Gasteiger partial charge in [0, 0.05) is 0 Å². The van der Waals surface area contributed by atoms with Crippen LogP contribution >= 0.6 is 0 Å². The van der Waals surface area contributed by atoms with Crippen LogP contribution in [0.5, 0.6) is 0 Å². The summed E-state index contributed by atoms with van der Waals surface area (Å²) in [5.41, 5.74) is 1.35. The zero-order chi connectivity index (χ0) is 8.69. The molecule has 0 aliphatic heterocycles. The predicted octanol–water partition coefficient (Wildman–Crippen LogP) is 2.67. The lowest BCUT2D eigenvalue weighted by molar-refractivity contribution is 0.210. The summed E-state index contributed by atoms with van der Waals surface area (Å²) in [7, 11) is 0. The molecule has 0 fully saturated rings. The molecule has 1 N–H and O–H groups in total. The molecule has 0 amide bonds. The molecule has 1 heteroatoms. The summed E-state index contributed by atoms with van der Waals surface area (Å²) in [6.45, 7) is 7.68. The molecule has 11 heavy (non-hydrogen) atoms. The minimum absolute atomic E-state index is 0.319. The van der Waals surface area contributed by atoms with Gasteiger partial charge in [-0.05, 0) is 33.1 Å². The summed E-state index contributed by atoms with van der Waals surface area (Å²) in [5, 5.41) is 9.08. The third kappa shape index (κ3) is 7.34. The lowest BCUT2D eigenvalue weighted by atomic mass is 10.1. The van der Waals surface area contributed by atoms with Gasteiger partial charge in [0.1, 0.15) is 0 Å². The summed E-state index contributed by atoms with van der Waals surface area (Å²) < 4.78 is 0. The molecule has 0 saturated carbocycles. The number of hydrogen-bond acceptors (Lipinski definition) is 1. The quantitative estimate of drug-likeness (QED) is 0.477. The third-order valence-corrected chi connectivity index (χ3v) is 1.53. The van der Waals surface area contributed by atoms with E-state index in [9.17, 15) is 0 Å². The molecule has 0 aliphatic rings. The Morgan fingerprint density at radius 3 is 2.64 bits per heavy atom. The van der Waals surface area contributed by atoms with Gasteiger partial charge in [-0.25, -0.2) is 0 Å². The minimum Gasteiger partial charge on any atom is -0.389 e. The van der Waals surface area contributed by atoms with Gasteiger partial charge in [-0.2, -0.15) is 0 Å². The fourth-order valence-electron chi connectivity index (χ4n) is 0.836. The van der Waals surface area contributed by atoms with Crippen molar-refractivity contribution in [2.75, 3.05) is 0 Å². The van der Waals surface area contributed by atoms with Crippen LogP contribution in [-0.2, 0) is 0 Å². The van der Waals surface area contributed by atoms with E-state index in [1.54, 1.807) is 6.08 Å². The van der Waals surface area contributed by atoms with Gasteiger partial charge >= 0.3 is 0 Å². The van der Waals surface area contributed by atoms with Crippen LogP contribution in [0.1, 0.15) is 33.1 Å². The molecular formula is C10H18O. The van der Waals surface area contributed by atoms with Crippen molar-refractivity contribution >= 4 is 0 Å². The van der Waals surface area contributed by atoms with Crippen LogP contribution in [0.4, 0.5) is 0 Å². The second kappa shape index (κ2) is 6.17. The van der Waals surface area contributed by atoms with Gasteiger partial charge in [-0.3, -0.25) is 0 Å². The summed E-state index contributed by atoms with van der Waals surface area (Å²) in [5.74, 6) is 0. The van der Waals surface area contributed by atoms with Crippen LogP contribution in [0.2, 0.25) is 0 Å². The Labute approximate surface area is 69.4 Å². The third-order valence-electron chi connectivity index (χ3n) is 1.53. The van der Waals surface area contributed by atoms with Gasteiger partial charge in [0.05, 0.1) is 6.10 Å². The standard InChI is InChI=1S/C10H18O/c1-4-10(11)8-6-5-7-9(2)3/h4,7,10-11H,1,5-6,8H2,2-3H3. The van der Waals surface area contributed by atoms with E-state index in [4.69, 9.17) is 5.11 Å². The number of hydrogen-bond donors (Lipinski definition) is 1. The highest BCUT2D eigenvalue weighted by Crippen LogP contribution is 2.03. The maximum absolute atomic E-state index is 9.08. The first-order valence-corrected chi connectivity index (χ1v) is 4.10. The van der Waals surface area contributed by atoms with Crippen LogP contribution in [0.3, 0.4) is 0 Å². The molecule has 0 spiro atoms. The summed E-state index contributed by atoms with van der Waals surface area (Å²) >= 11 is 0. The van der Waals surface area contributed by atoms with Crippen molar-refractivity contribution in [2.24, 2.45) is 0 Å². The largest absolute Gasteiger partial charge is 0.389 e. The van der Waals surface area contributed by atoms with Crippen molar-refractivity contribution in [3.05, 3.63) is 24.3 Å². The zero-order valence-corrected chi connectivity index (χ0v) is 7.51. The number of aliphatic hydroxyl groups excluding tert-OH is 1. The highest BCUT2D eigenvalue weighted by Gasteiger charge is 1.94. The Balaban J connectivity index is 3.28. The second-order valence-electron chi connectivity index (χ2n) is 3.02. The molecule has 0 aromatic heterocycles. The van der Waals surface area contributed by atoms with Crippen molar-refractivity contribution in [3.63, 3.8) is 0 Å². The Morgan fingerprint density at radius 2 is 2.18 bits per heavy atom. The van der Waals surface area contributed by atoms with Gasteiger partial charge < -0.3 is 5.11 Å². The van der Waals surface area contributed by atoms with Crippen molar-refractivity contribution in [1.29, 1.82) is 0 Å². The van der Waals surface area contributed by atoms with E-state index < -0.39 is 0 Å². The maximum atomic E-state index is 9.08. The fraction of sp³-hybridized carbons (Fsp3) is 0.600. The van der Waals surface area contributed by atoms with Gasteiger partial charge in [0.25, 0.3) is 0 Å². The molecule has 0 aliphatic carbocycles. The Bertz CT molecular complexity index is 132. The SMILES string of the molecule is C=CC(O)CCCC=C(C)C. The lowest BCUT2D eigenvalue weighted by Gasteiger charge is -2.01. The number of aliphatic hydroxyl groups is 1. The van der Waals surface area contributed by atoms with Crippen molar-refractivity contribution < 1.29 is 5.11 Å². The smallest absolute Gasteiger partial charge is 0.0718 e. The van der Waals surface area contributed by atoms with Crippen LogP contribution in [0, 0.1) is 0 Å². The van der Waals surface area contributed by atoms with Gasteiger partial charge in [-0.15, -0.1) is 6.58 Å². The molecule has 0 radical (unpaired) electrons. The van der Waals surface area contributed by atoms with E-state index in [1.165, 1.54) is 5.57 Å². The highest BCUT2D eigenvalue weighted by atomic mass is 16.3. The summed E-state index contributed by atoms with van der Waals surface area (Å²) in [4.78, 5) is 0. The first-order chi connectivity index (χ1) is 5.16. The molecule has 1 nitrogen and oxygen atoms in total. The molecule has 1 unspecified atom stereocenters. The van der Waals surface area contributed by atoms with E-state index in [1.807, 2.05) is 0 Å². The van der Waals surface area contributed by atoms with Crippen LogP contribution in [-0.4, -0.2) is 11.2 Å². The van der Waals surface area contributed by atoms with E-state index in [-0.39, 0.29) is 6.10 Å². The van der Waals surface area contributed by atoms with Crippen molar-refractivity contribution in [2.45, 2.75) is 39.2 Å². The normalized spacial score (nSPS) is 12.3. The topological polar surface area (TPSA) is 20.2 Å². The minimum atomic E-state index is -0.319. The van der Waals surface area contributed by atoms with Crippen LogP contribution in [0.25, 0.3) is 0 Å². The molecule has 0 aromatic rings. The highest BCUT2D eigenvalue weighted by molar-refractivity contribution is 4.92. The Kier molecular flexibility index (Phi) is 5.86. The number of allylic oxidation sites excluding steroid dienone is 2. The van der Waals surface area contributed by atoms with Crippen LogP contribution < -0.4 is 0 Å². The summed E-state index contributed by atoms with van der Waals surface area (Å²) in [6.07, 6.45) is 6.39. The monoisotopic (exact) mass is 154 g/mol. The predicted molar refractivity (Wildman–Crippen MR) is 49.5 cm³/mol. The molecule has 0 heterocycles. The number of unbranched alkanes of at least 4 members (excludes halogenated alkanes) is 1. The van der Waals surface area contributed by atoms with E-state index >= 15 is 0 Å². The molecule has 0 aromatic carbocycles. The Hall–Kier alpha value is -0.560. The molecule has 1 atom stereocenters. The molecule has 64 valence electrons. The first-order valence-electron chi connectivity index (χ1n) is 4.10. The average molecular weight is 154 g/mol. The van der Waals surface area contributed by atoms with Gasteiger partial charge in [0.15, 0.2) is 0 Å². The number of rotatable bonds is 5. The molecule has 0 rings (SSSR count). The van der Waals surface area contributed by atoms with Crippen LogP contribution in [0.15, 0.2) is 24.3 Å². The molecule has 0 bridgehead atoms. The van der Waals surface area contributed by atoms with E-state index in [0.717, 1.165) is 19.3 Å². The second-order valence-corrected chi connectivity index (χ2v) is 3.02. The summed E-state index contributed by atoms with van der Waals surface area (Å²) in [6, 6.07) is 0. The maximum Gasteiger partial charge on any atom is 0.0718 e. The van der Waals surface area contributed by atoms with Crippen molar-refractivity contribution in [1.82, 2.24) is 0 Å². The molecule has 0 saturated heterocycles. The van der Waals surface area contributed by atoms with Crippen molar-refractivity contribution in [3.8, 4) is 0 Å². The first kappa shape index (κ1) is 10.4.